The summed E-state index contributed by atoms with van der Waals surface area (Å²) in [5, 5.41) is 3.19. The van der Waals surface area contributed by atoms with Gasteiger partial charge in [0.15, 0.2) is 0 Å². The van der Waals surface area contributed by atoms with Crippen LogP contribution >= 0.6 is 0 Å². The maximum absolute atomic E-state index is 13.8. The molecule has 1 N–H and O–H groups in total. The second kappa shape index (κ2) is 8.19. The maximum atomic E-state index is 13.8. The average molecular weight is 272 g/mol. The molecule has 108 valence electrons. The minimum absolute atomic E-state index is 0.138. The van der Waals surface area contributed by atoms with Gasteiger partial charge in [0.05, 0.1) is 6.61 Å². The minimum Gasteiger partial charge on any atom is -0.383 e. The molecule has 0 spiro atoms. The molecular weight excluding hydrogens is 250 g/mol. The van der Waals surface area contributed by atoms with Gasteiger partial charge in [-0.2, -0.15) is 0 Å². The van der Waals surface area contributed by atoms with Gasteiger partial charge in [-0.25, -0.2) is 8.78 Å². The third-order valence-corrected chi connectivity index (χ3v) is 2.96. The lowest BCUT2D eigenvalue weighted by Gasteiger charge is -2.18. The molecule has 0 atom stereocenters. The van der Waals surface area contributed by atoms with E-state index in [2.05, 4.69) is 5.32 Å². The molecular formula is C14H22F2N2O. The van der Waals surface area contributed by atoms with Crippen LogP contribution < -0.4 is 5.32 Å². The van der Waals surface area contributed by atoms with E-state index >= 15 is 0 Å². The summed E-state index contributed by atoms with van der Waals surface area (Å²) >= 11 is 0. The Morgan fingerprint density at radius 3 is 2.68 bits per heavy atom. The molecule has 0 aliphatic carbocycles. The molecule has 0 amide bonds. The zero-order chi connectivity index (χ0) is 14.3. The van der Waals surface area contributed by atoms with Crippen LogP contribution in [0.2, 0.25) is 0 Å². The Morgan fingerprint density at radius 2 is 2.00 bits per heavy atom. The first-order chi connectivity index (χ1) is 9.06. The molecule has 0 heterocycles. The Labute approximate surface area is 113 Å². The fourth-order valence-corrected chi connectivity index (χ4v) is 1.78. The van der Waals surface area contributed by atoms with Crippen molar-refractivity contribution in [2.45, 2.75) is 13.5 Å². The number of rotatable bonds is 8. The van der Waals surface area contributed by atoms with Crippen molar-refractivity contribution in [1.82, 2.24) is 10.2 Å². The van der Waals surface area contributed by atoms with E-state index < -0.39 is 11.6 Å². The quantitative estimate of drug-likeness (QED) is 0.732. The summed E-state index contributed by atoms with van der Waals surface area (Å²) in [6.07, 6.45) is 0. The minimum atomic E-state index is -0.484. The second-order valence-electron chi connectivity index (χ2n) is 4.64. The van der Waals surface area contributed by atoms with E-state index in [9.17, 15) is 8.78 Å². The van der Waals surface area contributed by atoms with Crippen molar-refractivity contribution in [1.29, 1.82) is 0 Å². The number of hydrogen-bond acceptors (Lipinski definition) is 3. The molecule has 5 heteroatoms. The van der Waals surface area contributed by atoms with Crippen LogP contribution in [0.15, 0.2) is 12.1 Å². The number of likely N-dealkylation sites (N-methyl/N-ethyl adjacent to an activating group) is 1. The summed E-state index contributed by atoms with van der Waals surface area (Å²) in [7, 11) is 3.50. The first-order valence-corrected chi connectivity index (χ1v) is 6.38. The molecule has 19 heavy (non-hydrogen) atoms. The molecule has 0 saturated heterocycles. The van der Waals surface area contributed by atoms with Gasteiger partial charge in [-0.3, -0.25) is 0 Å². The van der Waals surface area contributed by atoms with Crippen molar-refractivity contribution in [2.24, 2.45) is 0 Å². The molecule has 0 unspecified atom stereocenters. The Balaban J connectivity index is 2.44. The maximum Gasteiger partial charge on any atom is 0.133 e. The summed E-state index contributed by atoms with van der Waals surface area (Å²) in [6.45, 7) is 4.82. The van der Waals surface area contributed by atoms with E-state index in [0.717, 1.165) is 19.6 Å². The third kappa shape index (κ3) is 5.22. The number of nitrogens with zero attached hydrogens (tertiary/aromatic N) is 1. The molecule has 3 nitrogen and oxygen atoms in total. The van der Waals surface area contributed by atoms with Crippen molar-refractivity contribution in [3.8, 4) is 0 Å². The molecule has 0 aromatic heterocycles. The standard InChI is InChI=1S/C14H22F2N2O/c1-11-4-5-13(15)12(14(11)16)10-18(2)8-6-17-7-9-19-3/h4-5,17H,6-10H2,1-3H3. The van der Waals surface area contributed by atoms with E-state index in [1.165, 1.54) is 12.1 Å². The lowest BCUT2D eigenvalue weighted by atomic mass is 10.1. The highest BCUT2D eigenvalue weighted by Crippen LogP contribution is 2.17. The first kappa shape index (κ1) is 16.0. The smallest absolute Gasteiger partial charge is 0.133 e. The molecule has 0 aliphatic rings. The molecule has 1 aromatic carbocycles. The molecule has 0 aliphatic heterocycles. The highest BCUT2D eigenvalue weighted by atomic mass is 19.1. The van der Waals surface area contributed by atoms with E-state index in [1.807, 2.05) is 11.9 Å². The summed E-state index contributed by atoms with van der Waals surface area (Å²) < 4.78 is 32.3. The van der Waals surface area contributed by atoms with Gasteiger partial charge >= 0.3 is 0 Å². The van der Waals surface area contributed by atoms with Crippen LogP contribution in [0.25, 0.3) is 0 Å². The zero-order valence-corrected chi connectivity index (χ0v) is 11.8. The van der Waals surface area contributed by atoms with Gasteiger partial charge in [0, 0.05) is 38.9 Å². The van der Waals surface area contributed by atoms with Crippen molar-refractivity contribution >= 4 is 0 Å². The number of benzene rings is 1. The molecule has 1 aromatic rings. The number of nitrogens with one attached hydrogen (secondary N) is 1. The van der Waals surface area contributed by atoms with Crippen molar-refractivity contribution in [3.05, 3.63) is 34.9 Å². The van der Waals surface area contributed by atoms with Crippen molar-refractivity contribution in [2.75, 3.05) is 40.4 Å². The van der Waals surface area contributed by atoms with Gasteiger partial charge in [-0.1, -0.05) is 6.07 Å². The first-order valence-electron chi connectivity index (χ1n) is 6.38. The number of hydrogen-bond donors (Lipinski definition) is 1. The number of ether oxygens (including phenoxy) is 1. The van der Waals surface area contributed by atoms with E-state index in [-0.39, 0.29) is 12.1 Å². The van der Waals surface area contributed by atoms with Gasteiger partial charge in [0.1, 0.15) is 11.6 Å². The van der Waals surface area contributed by atoms with Crippen LogP contribution in [0.1, 0.15) is 11.1 Å². The van der Waals surface area contributed by atoms with E-state index in [4.69, 9.17) is 4.74 Å². The number of halogens is 2. The predicted molar refractivity (Wildman–Crippen MR) is 72.2 cm³/mol. The highest BCUT2D eigenvalue weighted by Gasteiger charge is 2.13. The lowest BCUT2D eigenvalue weighted by molar-refractivity contribution is 0.197. The third-order valence-electron chi connectivity index (χ3n) is 2.96. The zero-order valence-electron chi connectivity index (χ0n) is 11.8. The molecule has 0 saturated carbocycles. The fraction of sp³-hybridized carbons (Fsp3) is 0.571. The highest BCUT2D eigenvalue weighted by molar-refractivity contribution is 5.26. The summed E-state index contributed by atoms with van der Waals surface area (Å²) in [4.78, 5) is 1.89. The van der Waals surface area contributed by atoms with Gasteiger partial charge in [0.2, 0.25) is 0 Å². The van der Waals surface area contributed by atoms with Crippen LogP contribution in [0.5, 0.6) is 0 Å². The Morgan fingerprint density at radius 1 is 1.26 bits per heavy atom. The van der Waals surface area contributed by atoms with Gasteiger partial charge in [-0.05, 0) is 25.6 Å². The normalized spacial score (nSPS) is 11.3. The van der Waals surface area contributed by atoms with Crippen LogP contribution in [0.4, 0.5) is 8.78 Å². The summed E-state index contributed by atoms with van der Waals surface area (Å²) in [5.74, 6) is -0.929. The fourth-order valence-electron chi connectivity index (χ4n) is 1.78. The Hall–Kier alpha value is -1.04. The van der Waals surface area contributed by atoms with E-state index in [0.29, 0.717) is 12.2 Å². The Kier molecular flexibility index (Phi) is 6.91. The van der Waals surface area contributed by atoms with E-state index in [1.54, 1.807) is 14.0 Å². The van der Waals surface area contributed by atoms with Gasteiger partial charge in [-0.15, -0.1) is 0 Å². The topological polar surface area (TPSA) is 24.5 Å². The molecule has 0 fully saturated rings. The van der Waals surface area contributed by atoms with Crippen LogP contribution in [-0.2, 0) is 11.3 Å². The molecule has 0 bridgehead atoms. The van der Waals surface area contributed by atoms with Gasteiger partial charge in [0.25, 0.3) is 0 Å². The molecule has 1 rings (SSSR count). The van der Waals surface area contributed by atoms with Crippen molar-refractivity contribution in [3.63, 3.8) is 0 Å². The summed E-state index contributed by atoms with van der Waals surface area (Å²) in [6, 6.07) is 2.78. The SMILES string of the molecule is COCCNCCN(C)Cc1c(F)ccc(C)c1F. The van der Waals surface area contributed by atoms with Crippen molar-refractivity contribution < 1.29 is 13.5 Å². The van der Waals surface area contributed by atoms with Gasteiger partial charge < -0.3 is 15.0 Å². The molecule has 0 radical (unpaired) electrons. The largest absolute Gasteiger partial charge is 0.383 e. The van der Waals surface area contributed by atoms with Crippen LogP contribution in [0.3, 0.4) is 0 Å². The second-order valence-corrected chi connectivity index (χ2v) is 4.64. The monoisotopic (exact) mass is 272 g/mol. The average Bonchev–Trinajstić information content (AvgIpc) is 2.39. The predicted octanol–water partition coefficient (Wildman–Crippen LogP) is 1.94. The van der Waals surface area contributed by atoms with Crippen LogP contribution in [-0.4, -0.2) is 45.3 Å². The number of aryl methyl sites for hydroxylation is 1. The Bertz CT molecular complexity index is 399. The van der Waals surface area contributed by atoms with Crippen LogP contribution in [0, 0.1) is 18.6 Å². The number of methoxy groups -OCH3 is 1. The lowest BCUT2D eigenvalue weighted by Crippen LogP contribution is -2.31. The summed E-state index contributed by atoms with van der Waals surface area (Å²) in [5.41, 5.74) is 0.613.